The molecular formula is C10H19NO2S. The van der Waals surface area contributed by atoms with E-state index in [0.29, 0.717) is 5.75 Å². The number of nitrogens with zero attached hydrogens (tertiary/aromatic N) is 1. The standard InChI is InChI=1S/C10H19NO2S/c1-2-6-13-9-4-3-5-11(7-9)10(12)8-14/h9,14H,2-8H2,1H3. The third-order valence-electron chi connectivity index (χ3n) is 2.42. The number of hydrogen-bond donors (Lipinski definition) is 1. The first-order chi connectivity index (χ1) is 6.77. The van der Waals surface area contributed by atoms with Crippen LogP contribution < -0.4 is 0 Å². The summed E-state index contributed by atoms with van der Waals surface area (Å²) in [7, 11) is 0. The van der Waals surface area contributed by atoms with Crippen LogP contribution in [-0.2, 0) is 9.53 Å². The van der Waals surface area contributed by atoms with E-state index in [4.69, 9.17) is 4.74 Å². The maximum atomic E-state index is 11.4. The molecule has 14 heavy (non-hydrogen) atoms. The lowest BCUT2D eigenvalue weighted by Crippen LogP contribution is -2.43. The molecule has 0 radical (unpaired) electrons. The maximum absolute atomic E-state index is 11.4. The van der Waals surface area contributed by atoms with E-state index in [1.165, 1.54) is 0 Å². The van der Waals surface area contributed by atoms with E-state index in [1.54, 1.807) is 0 Å². The van der Waals surface area contributed by atoms with Gasteiger partial charge in [-0.1, -0.05) is 6.92 Å². The van der Waals surface area contributed by atoms with Gasteiger partial charge in [0.25, 0.3) is 0 Å². The summed E-state index contributed by atoms with van der Waals surface area (Å²) in [5.74, 6) is 0.429. The fourth-order valence-electron chi connectivity index (χ4n) is 1.69. The van der Waals surface area contributed by atoms with Crippen molar-refractivity contribution < 1.29 is 9.53 Å². The van der Waals surface area contributed by atoms with Crippen molar-refractivity contribution in [3.63, 3.8) is 0 Å². The van der Waals surface area contributed by atoms with Gasteiger partial charge in [-0.05, 0) is 19.3 Å². The summed E-state index contributed by atoms with van der Waals surface area (Å²) in [5, 5.41) is 0. The van der Waals surface area contributed by atoms with E-state index in [2.05, 4.69) is 19.6 Å². The van der Waals surface area contributed by atoms with Crippen LogP contribution in [0.3, 0.4) is 0 Å². The van der Waals surface area contributed by atoms with E-state index in [9.17, 15) is 4.79 Å². The predicted octanol–water partition coefficient (Wildman–Crippen LogP) is 1.33. The highest BCUT2D eigenvalue weighted by atomic mass is 32.1. The van der Waals surface area contributed by atoms with Crippen LogP contribution in [0.25, 0.3) is 0 Å². The van der Waals surface area contributed by atoms with E-state index in [-0.39, 0.29) is 12.0 Å². The minimum Gasteiger partial charge on any atom is -0.376 e. The highest BCUT2D eigenvalue weighted by molar-refractivity contribution is 7.81. The van der Waals surface area contributed by atoms with Crippen molar-refractivity contribution in [3.8, 4) is 0 Å². The van der Waals surface area contributed by atoms with Gasteiger partial charge in [0.05, 0.1) is 11.9 Å². The minimum atomic E-state index is 0.123. The summed E-state index contributed by atoms with van der Waals surface area (Å²) in [5.41, 5.74) is 0. The average molecular weight is 217 g/mol. The topological polar surface area (TPSA) is 29.5 Å². The van der Waals surface area contributed by atoms with E-state index in [1.807, 2.05) is 4.90 Å². The Labute approximate surface area is 91.2 Å². The molecule has 3 nitrogen and oxygen atoms in total. The smallest absolute Gasteiger partial charge is 0.232 e. The van der Waals surface area contributed by atoms with Gasteiger partial charge in [-0.2, -0.15) is 12.6 Å². The molecule has 1 fully saturated rings. The lowest BCUT2D eigenvalue weighted by atomic mass is 10.1. The monoisotopic (exact) mass is 217 g/mol. The Kier molecular flexibility index (Phi) is 5.33. The molecule has 1 amide bonds. The molecule has 0 aromatic rings. The molecule has 1 rings (SSSR count). The summed E-state index contributed by atoms with van der Waals surface area (Å²) < 4.78 is 5.64. The average Bonchev–Trinajstić information content (AvgIpc) is 2.25. The third kappa shape index (κ3) is 3.50. The molecule has 82 valence electrons. The van der Waals surface area contributed by atoms with Gasteiger partial charge >= 0.3 is 0 Å². The van der Waals surface area contributed by atoms with Crippen molar-refractivity contribution >= 4 is 18.5 Å². The zero-order valence-corrected chi connectivity index (χ0v) is 9.63. The number of amides is 1. The van der Waals surface area contributed by atoms with Gasteiger partial charge in [-0.3, -0.25) is 4.79 Å². The van der Waals surface area contributed by atoms with Gasteiger partial charge < -0.3 is 9.64 Å². The molecule has 0 spiro atoms. The summed E-state index contributed by atoms with van der Waals surface area (Å²) in [6.07, 6.45) is 3.41. The SMILES string of the molecule is CCCOC1CCCN(C(=O)CS)C1. The van der Waals surface area contributed by atoms with Crippen LogP contribution in [-0.4, -0.2) is 42.4 Å². The molecule has 1 heterocycles. The molecule has 0 aliphatic carbocycles. The minimum absolute atomic E-state index is 0.123. The van der Waals surface area contributed by atoms with Crippen LogP contribution in [0.15, 0.2) is 0 Å². The highest BCUT2D eigenvalue weighted by Crippen LogP contribution is 2.13. The quantitative estimate of drug-likeness (QED) is 0.720. The highest BCUT2D eigenvalue weighted by Gasteiger charge is 2.22. The number of ether oxygens (including phenoxy) is 1. The fourth-order valence-corrected chi connectivity index (χ4v) is 1.89. The Morgan fingerprint density at radius 3 is 3.07 bits per heavy atom. The Hall–Kier alpha value is -0.220. The molecule has 0 bridgehead atoms. The van der Waals surface area contributed by atoms with Crippen molar-refractivity contribution in [1.29, 1.82) is 0 Å². The zero-order valence-electron chi connectivity index (χ0n) is 8.74. The largest absolute Gasteiger partial charge is 0.376 e. The van der Waals surface area contributed by atoms with Gasteiger partial charge in [0, 0.05) is 19.7 Å². The van der Waals surface area contributed by atoms with Crippen LogP contribution in [0.4, 0.5) is 0 Å². The molecule has 1 saturated heterocycles. The van der Waals surface area contributed by atoms with Crippen LogP contribution in [0, 0.1) is 0 Å². The predicted molar refractivity (Wildman–Crippen MR) is 59.7 cm³/mol. The van der Waals surface area contributed by atoms with Crippen molar-refractivity contribution in [3.05, 3.63) is 0 Å². The molecule has 0 saturated carbocycles. The summed E-state index contributed by atoms with van der Waals surface area (Å²) in [6.45, 7) is 4.51. The molecular weight excluding hydrogens is 198 g/mol. The first-order valence-electron chi connectivity index (χ1n) is 5.28. The van der Waals surface area contributed by atoms with E-state index < -0.39 is 0 Å². The third-order valence-corrected chi connectivity index (χ3v) is 2.69. The Morgan fingerprint density at radius 1 is 1.64 bits per heavy atom. The number of likely N-dealkylation sites (tertiary alicyclic amines) is 1. The van der Waals surface area contributed by atoms with Crippen molar-refractivity contribution in [2.45, 2.75) is 32.3 Å². The van der Waals surface area contributed by atoms with Gasteiger partial charge in [-0.25, -0.2) is 0 Å². The maximum Gasteiger partial charge on any atom is 0.232 e. The second-order valence-corrected chi connectivity index (χ2v) is 3.95. The van der Waals surface area contributed by atoms with E-state index in [0.717, 1.165) is 39.0 Å². The first kappa shape index (κ1) is 11.9. The Balaban J connectivity index is 2.31. The van der Waals surface area contributed by atoms with Crippen LogP contribution >= 0.6 is 12.6 Å². The summed E-state index contributed by atoms with van der Waals surface area (Å²) in [4.78, 5) is 13.2. The molecule has 1 aliphatic heterocycles. The number of carbonyl (C=O) groups is 1. The number of thiol groups is 1. The van der Waals surface area contributed by atoms with Crippen LogP contribution in [0.2, 0.25) is 0 Å². The van der Waals surface area contributed by atoms with E-state index >= 15 is 0 Å². The molecule has 4 heteroatoms. The van der Waals surface area contributed by atoms with Crippen molar-refractivity contribution in [2.24, 2.45) is 0 Å². The van der Waals surface area contributed by atoms with Crippen LogP contribution in [0.1, 0.15) is 26.2 Å². The molecule has 0 N–H and O–H groups in total. The van der Waals surface area contributed by atoms with Gasteiger partial charge in [0.15, 0.2) is 0 Å². The van der Waals surface area contributed by atoms with Gasteiger partial charge in [-0.15, -0.1) is 0 Å². The lowest BCUT2D eigenvalue weighted by Gasteiger charge is -2.32. The Morgan fingerprint density at radius 2 is 2.43 bits per heavy atom. The van der Waals surface area contributed by atoms with Crippen LogP contribution in [0.5, 0.6) is 0 Å². The number of piperidine rings is 1. The molecule has 0 aromatic carbocycles. The molecule has 1 unspecified atom stereocenters. The Bertz CT molecular complexity index is 187. The van der Waals surface area contributed by atoms with Crippen molar-refractivity contribution in [2.75, 3.05) is 25.4 Å². The van der Waals surface area contributed by atoms with Crippen molar-refractivity contribution in [1.82, 2.24) is 4.90 Å². The number of carbonyl (C=O) groups excluding carboxylic acids is 1. The normalized spacial score (nSPS) is 22.4. The molecule has 0 aromatic heterocycles. The second kappa shape index (κ2) is 6.30. The lowest BCUT2D eigenvalue weighted by molar-refractivity contribution is -0.132. The van der Waals surface area contributed by atoms with Gasteiger partial charge in [0.2, 0.25) is 5.91 Å². The number of rotatable bonds is 4. The molecule has 1 aliphatic rings. The van der Waals surface area contributed by atoms with Gasteiger partial charge in [0.1, 0.15) is 0 Å². The zero-order chi connectivity index (χ0) is 10.4. The second-order valence-electron chi connectivity index (χ2n) is 3.63. The fraction of sp³-hybridized carbons (Fsp3) is 0.900. The number of hydrogen-bond acceptors (Lipinski definition) is 3. The first-order valence-corrected chi connectivity index (χ1v) is 5.91. The molecule has 1 atom stereocenters. The summed E-state index contributed by atoms with van der Waals surface area (Å²) >= 11 is 3.99. The summed E-state index contributed by atoms with van der Waals surface area (Å²) in [6, 6.07) is 0.